The van der Waals surface area contributed by atoms with E-state index >= 15 is 0 Å². The summed E-state index contributed by atoms with van der Waals surface area (Å²) >= 11 is 0. The van der Waals surface area contributed by atoms with E-state index in [-0.39, 0.29) is 11.2 Å². The highest BCUT2D eigenvalue weighted by molar-refractivity contribution is 5.17. The van der Waals surface area contributed by atoms with Gasteiger partial charge in [0.25, 0.3) is 0 Å². The summed E-state index contributed by atoms with van der Waals surface area (Å²) in [6, 6.07) is 0. The second-order valence-corrected chi connectivity index (χ2v) is 10.0. The molecule has 21 heavy (non-hydrogen) atoms. The molecular formula is C20H34O. The van der Waals surface area contributed by atoms with Crippen molar-refractivity contribution in [3.8, 4) is 0 Å². The molecule has 4 aliphatic carbocycles. The average molecular weight is 290 g/mol. The Hall–Kier alpha value is -0.0400. The Morgan fingerprint density at radius 3 is 1.38 bits per heavy atom. The first-order chi connectivity index (χ1) is 9.65. The van der Waals surface area contributed by atoms with Crippen molar-refractivity contribution in [3.05, 3.63) is 0 Å². The average Bonchev–Trinajstić information content (AvgIpc) is 3.08. The van der Waals surface area contributed by atoms with Gasteiger partial charge in [0.05, 0.1) is 11.2 Å². The van der Waals surface area contributed by atoms with Gasteiger partial charge in [-0.3, -0.25) is 0 Å². The lowest BCUT2D eigenvalue weighted by Crippen LogP contribution is -2.58. The van der Waals surface area contributed by atoms with Crippen molar-refractivity contribution >= 4 is 0 Å². The van der Waals surface area contributed by atoms with E-state index in [4.69, 9.17) is 4.74 Å². The van der Waals surface area contributed by atoms with Crippen LogP contribution in [0.3, 0.4) is 0 Å². The molecule has 0 saturated heterocycles. The van der Waals surface area contributed by atoms with Crippen LogP contribution >= 0.6 is 0 Å². The monoisotopic (exact) mass is 290 g/mol. The van der Waals surface area contributed by atoms with Crippen LogP contribution in [0, 0.1) is 34.5 Å². The summed E-state index contributed by atoms with van der Waals surface area (Å²) < 4.78 is 7.25. The van der Waals surface area contributed by atoms with Crippen molar-refractivity contribution in [1.82, 2.24) is 0 Å². The summed E-state index contributed by atoms with van der Waals surface area (Å²) in [4.78, 5) is 0. The zero-order valence-corrected chi connectivity index (χ0v) is 15.0. The third-order valence-corrected chi connectivity index (χ3v) is 9.53. The standard InChI is InChI=1S/C20H34O/c1-13-15-7-9-17(3,11-15)19(13,5)21-20(6)14(2)16-8-10-18(20,4)12-16/h13-16H,7-12H2,1-6H3. The summed E-state index contributed by atoms with van der Waals surface area (Å²) in [6.07, 6.45) is 8.42. The van der Waals surface area contributed by atoms with E-state index in [0.29, 0.717) is 10.8 Å². The first-order valence-corrected chi connectivity index (χ1v) is 9.35. The minimum Gasteiger partial charge on any atom is -0.367 e. The summed E-state index contributed by atoms with van der Waals surface area (Å²) in [5.74, 6) is 3.27. The molecule has 0 spiro atoms. The number of hydrogen-bond acceptors (Lipinski definition) is 1. The molecular weight excluding hydrogens is 256 g/mol. The van der Waals surface area contributed by atoms with Gasteiger partial charge in [-0.2, -0.15) is 0 Å². The third-order valence-electron chi connectivity index (χ3n) is 9.53. The zero-order chi connectivity index (χ0) is 15.3. The Kier molecular flexibility index (Phi) is 2.69. The van der Waals surface area contributed by atoms with Gasteiger partial charge in [0.15, 0.2) is 0 Å². The summed E-state index contributed by atoms with van der Waals surface area (Å²) in [6.45, 7) is 14.9. The predicted molar refractivity (Wildman–Crippen MR) is 87.1 cm³/mol. The van der Waals surface area contributed by atoms with Crippen LogP contribution in [0.4, 0.5) is 0 Å². The lowest BCUT2D eigenvalue weighted by Gasteiger charge is -2.56. The van der Waals surface area contributed by atoms with Gasteiger partial charge in [0.1, 0.15) is 0 Å². The van der Waals surface area contributed by atoms with Crippen LogP contribution in [0.2, 0.25) is 0 Å². The molecule has 0 aromatic rings. The molecule has 4 rings (SSSR count). The smallest absolute Gasteiger partial charge is 0.0743 e. The molecule has 1 heteroatoms. The molecule has 0 N–H and O–H groups in total. The third kappa shape index (κ3) is 1.48. The quantitative estimate of drug-likeness (QED) is 0.658. The minimum atomic E-state index is 0.0897. The normalized spacial score (nSPS) is 65.4. The lowest BCUT2D eigenvalue weighted by molar-refractivity contribution is -0.255. The molecule has 0 aromatic heterocycles. The maximum Gasteiger partial charge on any atom is 0.0743 e. The Balaban J connectivity index is 1.70. The van der Waals surface area contributed by atoms with Crippen LogP contribution in [0.15, 0.2) is 0 Å². The fourth-order valence-electron chi connectivity index (χ4n) is 7.20. The first kappa shape index (κ1) is 14.5. The van der Waals surface area contributed by atoms with Crippen molar-refractivity contribution in [2.24, 2.45) is 34.5 Å². The van der Waals surface area contributed by atoms with Crippen LogP contribution in [0.5, 0.6) is 0 Å². The number of ether oxygens (including phenoxy) is 1. The van der Waals surface area contributed by atoms with E-state index < -0.39 is 0 Å². The van der Waals surface area contributed by atoms with Crippen molar-refractivity contribution < 1.29 is 4.74 Å². The van der Waals surface area contributed by atoms with Crippen LogP contribution in [-0.4, -0.2) is 11.2 Å². The van der Waals surface area contributed by atoms with Gasteiger partial charge in [-0.15, -0.1) is 0 Å². The molecule has 0 heterocycles. The van der Waals surface area contributed by atoms with Crippen LogP contribution in [0.25, 0.3) is 0 Å². The fourth-order valence-corrected chi connectivity index (χ4v) is 7.20. The first-order valence-electron chi connectivity index (χ1n) is 9.35. The van der Waals surface area contributed by atoms with E-state index in [9.17, 15) is 0 Å². The Bertz CT molecular complexity index is 430. The maximum atomic E-state index is 7.25. The molecule has 0 radical (unpaired) electrons. The number of fused-ring (bicyclic) bond motifs is 4. The molecule has 0 amide bonds. The van der Waals surface area contributed by atoms with Gasteiger partial charge in [-0.25, -0.2) is 0 Å². The van der Waals surface area contributed by atoms with Crippen molar-refractivity contribution in [1.29, 1.82) is 0 Å². The van der Waals surface area contributed by atoms with Gasteiger partial charge >= 0.3 is 0 Å². The van der Waals surface area contributed by atoms with E-state index in [1.54, 1.807) is 0 Å². The van der Waals surface area contributed by atoms with Gasteiger partial charge in [0.2, 0.25) is 0 Å². The van der Waals surface area contributed by atoms with E-state index in [1.165, 1.54) is 38.5 Å². The van der Waals surface area contributed by atoms with Gasteiger partial charge in [-0.1, -0.05) is 27.7 Å². The van der Waals surface area contributed by atoms with Gasteiger partial charge < -0.3 is 4.74 Å². The van der Waals surface area contributed by atoms with E-state index in [2.05, 4.69) is 41.5 Å². The summed E-state index contributed by atoms with van der Waals surface area (Å²) in [5.41, 5.74) is 1.01. The maximum absolute atomic E-state index is 7.25. The van der Waals surface area contributed by atoms with Crippen LogP contribution in [0.1, 0.15) is 80.1 Å². The number of rotatable bonds is 2. The zero-order valence-electron chi connectivity index (χ0n) is 15.0. The lowest BCUT2D eigenvalue weighted by atomic mass is 9.65. The Morgan fingerprint density at radius 1 is 0.714 bits per heavy atom. The molecule has 4 bridgehead atoms. The topological polar surface area (TPSA) is 9.23 Å². The molecule has 120 valence electrons. The Labute approximate surface area is 131 Å². The van der Waals surface area contributed by atoms with E-state index in [0.717, 1.165) is 23.7 Å². The highest BCUT2D eigenvalue weighted by atomic mass is 16.5. The highest BCUT2D eigenvalue weighted by Gasteiger charge is 2.68. The summed E-state index contributed by atoms with van der Waals surface area (Å²) in [7, 11) is 0. The Morgan fingerprint density at radius 2 is 1.10 bits per heavy atom. The molecule has 4 aliphatic rings. The predicted octanol–water partition coefficient (Wildman–Crippen LogP) is 5.43. The fraction of sp³-hybridized carbons (Fsp3) is 1.00. The van der Waals surface area contributed by atoms with Crippen molar-refractivity contribution in [3.63, 3.8) is 0 Å². The minimum absolute atomic E-state index is 0.0897. The molecule has 8 atom stereocenters. The second-order valence-electron chi connectivity index (χ2n) is 10.0. The largest absolute Gasteiger partial charge is 0.367 e. The van der Waals surface area contributed by atoms with E-state index in [1.807, 2.05) is 0 Å². The van der Waals surface area contributed by atoms with Gasteiger partial charge in [0, 0.05) is 0 Å². The second kappa shape index (κ2) is 3.89. The van der Waals surface area contributed by atoms with Crippen LogP contribution in [-0.2, 0) is 4.74 Å². The molecule has 0 aromatic carbocycles. The molecule has 0 aliphatic heterocycles. The van der Waals surface area contributed by atoms with Gasteiger partial charge in [-0.05, 0) is 86.9 Å². The number of hydrogen-bond donors (Lipinski definition) is 0. The van der Waals surface area contributed by atoms with Crippen molar-refractivity contribution in [2.45, 2.75) is 91.3 Å². The van der Waals surface area contributed by atoms with Crippen LogP contribution < -0.4 is 0 Å². The molecule has 4 fully saturated rings. The highest BCUT2D eigenvalue weighted by Crippen LogP contribution is 2.69. The summed E-state index contributed by atoms with van der Waals surface area (Å²) in [5, 5.41) is 0. The van der Waals surface area contributed by atoms with Crippen molar-refractivity contribution in [2.75, 3.05) is 0 Å². The molecule has 1 nitrogen and oxygen atoms in total. The molecule has 4 saturated carbocycles. The SMILES string of the molecule is CC1C2CCC(C)(C2)C1(C)OC1(C)C(C)C2CCC1(C)C2. The molecule has 8 unspecified atom stereocenters.